The second kappa shape index (κ2) is 9.80. The molecule has 0 unspecified atom stereocenters. The van der Waals surface area contributed by atoms with E-state index in [9.17, 15) is 4.79 Å². The second-order valence-electron chi connectivity index (χ2n) is 4.45. The highest BCUT2D eigenvalue weighted by Gasteiger charge is 2.15. The van der Waals surface area contributed by atoms with E-state index in [0.29, 0.717) is 24.7 Å². The van der Waals surface area contributed by atoms with Crippen LogP contribution in [-0.4, -0.2) is 38.2 Å². The summed E-state index contributed by atoms with van der Waals surface area (Å²) in [4.78, 5) is 13.6. The lowest BCUT2D eigenvalue weighted by atomic mass is 10.2. The number of ether oxygens (including phenoxy) is 2. The van der Waals surface area contributed by atoms with E-state index in [4.69, 9.17) is 9.47 Å². The Morgan fingerprint density at radius 2 is 1.72 bits per heavy atom. The van der Waals surface area contributed by atoms with Gasteiger partial charge in [-0.15, -0.1) is 0 Å². The van der Waals surface area contributed by atoms with Gasteiger partial charge in [0.05, 0.1) is 18.8 Å². The Morgan fingerprint density at radius 3 is 2.22 bits per heavy atom. The molecule has 0 atom stereocenters. The number of unbranched alkanes of at least 4 members (excludes halogenated alkanes) is 3. The lowest BCUT2D eigenvalue weighted by Gasteiger charge is -2.19. The Bertz CT molecular complexity index is 272. The third-order valence-electron chi connectivity index (χ3n) is 2.55. The Kier molecular flexibility index (Phi) is 9.15. The Morgan fingerprint density at radius 1 is 1.06 bits per heavy atom. The molecule has 4 heteroatoms. The van der Waals surface area contributed by atoms with Crippen molar-refractivity contribution in [2.45, 2.75) is 46.5 Å². The molecule has 0 aromatic carbocycles. The predicted molar refractivity (Wildman–Crippen MR) is 73.1 cm³/mol. The first-order valence-corrected chi connectivity index (χ1v) is 6.72. The summed E-state index contributed by atoms with van der Waals surface area (Å²) < 4.78 is 10.7. The van der Waals surface area contributed by atoms with E-state index in [0.717, 1.165) is 12.8 Å². The number of rotatable bonds is 9. The maximum absolute atomic E-state index is 11.8. The van der Waals surface area contributed by atoms with Gasteiger partial charge in [-0.25, -0.2) is 4.79 Å². The standard InChI is InChI=1S/C14H27NO3/c1-6-8-9-10-11-18-14(16)12(3)13(15(4)5)17-7-2/h6-11H2,1-5H3. The van der Waals surface area contributed by atoms with E-state index < -0.39 is 0 Å². The third-order valence-corrected chi connectivity index (χ3v) is 2.55. The molecule has 0 heterocycles. The first-order chi connectivity index (χ1) is 8.54. The van der Waals surface area contributed by atoms with E-state index in [1.807, 2.05) is 21.0 Å². The SMILES string of the molecule is CCCCCCOC(=O)C(C)=C(OCC)N(C)C. The fourth-order valence-electron chi connectivity index (χ4n) is 1.60. The van der Waals surface area contributed by atoms with Crippen molar-refractivity contribution >= 4 is 5.97 Å². The Balaban J connectivity index is 4.24. The lowest BCUT2D eigenvalue weighted by Crippen LogP contribution is -2.20. The van der Waals surface area contributed by atoms with Gasteiger partial charge in [0.25, 0.3) is 0 Å². The van der Waals surface area contributed by atoms with E-state index >= 15 is 0 Å². The number of esters is 1. The molecular weight excluding hydrogens is 230 g/mol. The smallest absolute Gasteiger partial charge is 0.339 e. The Labute approximate surface area is 111 Å². The first kappa shape index (κ1) is 16.8. The van der Waals surface area contributed by atoms with Crippen molar-refractivity contribution in [2.75, 3.05) is 27.3 Å². The van der Waals surface area contributed by atoms with Crippen molar-refractivity contribution in [2.24, 2.45) is 0 Å². The summed E-state index contributed by atoms with van der Waals surface area (Å²) in [6.07, 6.45) is 4.41. The fourth-order valence-corrected chi connectivity index (χ4v) is 1.60. The van der Waals surface area contributed by atoms with Gasteiger partial charge in [-0.2, -0.15) is 0 Å². The number of nitrogens with zero attached hydrogens (tertiary/aromatic N) is 1. The molecule has 0 aromatic heterocycles. The quantitative estimate of drug-likeness (QED) is 0.275. The summed E-state index contributed by atoms with van der Waals surface area (Å²) in [5.74, 6) is 0.291. The second-order valence-corrected chi connectivity index (χ2v) is 4.45. The van der Waals surface area contributed by atoms with E-state index in [1.165, 1.54) is 12.8 Å². The van der Waals surface area contributed by atoms with Crippen LogP contribution in [-0.2, 0) is 14.3 Å². The maximum Gasteiger partial charge on any atom is 0.339 e. The molecule has 0 radical (unpaired) electrons. The molecular formula is C14H27NO3. The summed E-state index contributed by atoms with van der Waals surface area (Å²) in [6.45, 7) is 6.81. The molecule has 0 spiro atoms. The monoisotopic (exact) mass is 257 g/mol. The van der Waals surface area contributed by atoms with Gasteiger partial charge in [0.2, 0.25) is 0 Å². The van der Waals surface area contributed by atoms with Gasteiger partial charge < -0.3 is 14.4 Å². The molecule has 0 amide bonds. The van der Waals surface area contributed by atoms with Crippen molar-refractivity contribution in [3.8, 4) is 0 Å². The van der Waals surface area contributed by atoms with Crippen LogP contribution in [0.25, 0.3) is 0 Å². The fraction of sp³-hybridized carbons (Fsp3) is 0.786. The zero-order chi connectivity index (χ0) is 14.0. The number of hydrogen-bond donors (Lipinski definition) is 0. The number of hydrogen-bond acceptors (Lipinski definition) is 4. The van der Waals surface area contributed by atoms with E-state index in [-0.39, 0.29) is 5.97 Å². The topological polar surface area (TPSA) is 38.8 Å². The van der Waals surface area contributed by atoms with Gasteiger partial charge >= 0.3 is 5.97 Å². The van der Waals surface area contributed by atoms with Crippen LogP contribution in [0.3, 0.4) is 0 Å². The molecule has 0 N–H and O–H groups in total. The molecule has 0 aliphatic carbocycles. The van der Waals surface area contributed by atoms with Crippen LogP contribution in [0.5, 0.6) is 0 Å². The summed E-state index contributed by atoms with van der Waals surface area (Å²) in [6, 6.07) is 0. The summed E-state index contributed by atoms with van der Waals surface area (Å²) in [5, 5.41) is 0. The number of carbonyl (C=O) groups is 1. The molecule has 18 heavy (non-hydrogen) atoms. The van der Waals surface area contributed by atoms with Gasteiger partial charge in [0.15, 0.2) is 5.88 Å². The van der Waals surface area contributed by atoms with Crippen molar-refractivity contribution in [3.63, 3.8) is 0 Å². The average molecular weight is 257 g/mol. The largest absolute Gasteiger partial charge is 0.479 e. The van der Waals surface area contributed by atoms with Crippen LogP contribution in [0.2, 0.25) is 0 Å². The van der Waals surface area contributed by atoms with Crippen LogP contribution in [0, 0.1) is 0 Å². The van der Waals surface area contributed by atoms with Gasteiger partial charge in [-0.1, -0.05) is 26.2 Å². The first-order valence-electron chi connectivity index (χ1n) is 6.72. The predicted octanol–water partition coefficient (Wildman–Crippen LogP) is 2.94. The molecule has 0 saturated heterocycles. The van der Waals surface area contributed by atoms with E-state index in [1.54, 1.807) is 11.8 Å². The molecule has 0 saturated carbocycles. The molecule has 0 aliphatic heterocycles. The summed E-state index contributed by atoms with van der Waals surface area (Å²) in [5.41, 5.74) is 0.525. The molecule has 0 bridgehead atoms. The van der Waals surface area contributed by atoms with Crippen LogP contribution >= 0.6 is 0 Å². The van der Waals surface area contributed by atoms with Gasteiger partial charge in [0, 0.05) is 14.1 Å². The summed E-state index contributed by atoms with van der Waals surface area (Å²) in [7, 11) is 3.70. The zero-order valence-corrected chi connectivity index (χ0v) is 12.4. The molecule has 0 aliphatic rings. The molecule has 106 valence electrons. The minimum atomic E-state index is -0.288. The minimum absolute atomic E-state index is 0.288. The van der Waals surface area contributed by atoms with Crippen molar-refractivity contribution in [3.05, 3.63) is 11.5 Å². The van der Waals surface area contributed by atoms with Crippen LogP contribution in [0.4, 0.5) is 0 Å². The highest BCUT2D eigenvalue weighted by molar-refractivity contribution is 5.88. The molecule has 0 fully saturated rings. The highest BCUT2D eigenvalue weighted by atomic mass is 16.5. The maximum atomic E-state index is 11.8. The zero-order valence-electron chi connectivity index (χ0n) is 12.4. The van der Waals surface area contributed by atoms with Crippen LogP contribution < -0.4 is 0 Å². The normalized spacial score (nSPS) is 11.8. The summed E-state index contributed by atoms with van der Waals surface area (Å²) >= 11 is 0. The van der Waals surface area contributed by atoms with E-state index in [2.05, 4.69) is 6.92 Å². The lowest BCUT2D eigenvalue weighted by molar-refractivity contribution is -0.139. The van der Waals surface area contributed by atoms with Gasteiger partial charge in [0.1, 0.15) is 0 Å². The van der Waals surface area contributed by atoms with Crippen molar-refractivity contribution in [1.82, 2.24) is 4.90 Å². The minimum Gasteiger partial charge on any atom is -0.479 e. The Hall–Kier alpha value is -1.19. The molecule has 4 nitrogen and oxygen atoms in total. The van der Waals surface area contributed by atoms with Gasteiger partial charge in [-0.3, -0.25) is 0 Å². The van der Waals surface area contributed by atoms with Crippen LogP contribution in [0.15, 0.2) is 11.5 Å². The van der Waals surface area contributed by atoms with Crippen molar-refractivity contribution in [1.29, 1.82) is 0 Å². The third kappa shape index (κ3) is 6.52. The van der Waals surface area contributed by atoms with Gasteiger partial charge in [-0.05, 0) is 20.3 Å². The van der Waals surface area contributed by atoms with Crippen LogP contribution in [0.1, 0.15) is 46.5 Å². The molecule has 0 rings (SSSR count). The average Bonchev–Trinajstić information content (AvgIpc) is 2.34. The van der Waals surface area contributed by atoms with Crippen molar-refractivity contribution < 1.29 is 14.3 Å². The number of carbonyl (C=O) groups excluding carboxylic acids is 1. The molecule has 0 aromatic rings. The highest BCUT2D eigenvalue weighted by Crippen LogP contribution is 2.11.